The molecule has 0 bridgehead atoms. The smallest absolute Gasteiger partial charge is 0.246 e. The lowest BCUT2D eigenvalue weighted by atomic mass is 10.0. The van der Waals surface area contributed by atoms with Gasteiger partial charge in [-0.1, -0.05) is 24.3 Å². The van der Waals surface area contributed by atoms with Crippen LogP contribution in [0.4, 0.5) is 5.69 Å². The van der Waals surface area contributed by atoms with Crippen molar-refractivity contribution in [3.8, 4) is 0 Å². The number of benzene rings is 2. The summed E-state index contributed by atoms with van der Waals surface area (Å²) in [6, 6.07) is 9.68. The van der Waals surface area contributed by atoms with Crippen LogP contribution >= 0.6 is 0 Å². The Hall–Kier alpha value is -2.36. The number of anilines is 1. The Bertz CT molecular complexity index is 727. The number of carbonyl (C=O) groups excluding carboxylic acids is 2. The Balaban J connectivity index is 1.92. The Kier molecular flexibility index (Phi) is 3.37. The molecule has 0 saturated heterocycles. The lowest BCUT2D eigenvalue weighted by molar-refractivity contribution is -0.124. The molecule has 0 heterocycles. The highest BCUT2D eigenvalue weighted by atomic mass is 16.2. The maximum atomic E-state index is 12.2. The third-order valence-corrected chi connectivity index (χ3v) is 3.95. The van der Waals surface area contributed by atoms with E-state index in [1.807, 2.05) is 18.2 Å². The first-order valence-corrected chi connectivity index (χ1v) is 7.17. The van der Waals surface area contributed by atoms with Gasteiger partial charge < -0.3 is 10.6 Å². The Morgan fingerprint density at radius 2 is 1.81 bits per heavy atom. The molecule has 2 aromatic rings. The molecule has 4 nitrogen and oxygen atoms in total. The van der Waals surface area contributed by atoms with Gasteiger partial charge in [-0.25, -0.2) is 0 Å². The quantitative estimate of drug-likeness (QED) is 0.908. The summed E-state index contributed by atoms with van der Waals surface area (Å²) in [6.07, 6.45) is 2.12. The van der Waals surface area contributed by atoms with Crippen molar-refractivity contribution >= 4 is 28.3 Å². The van der Waals surface area contributed by atoms with E-state index >= 15 is 0 Å². The molecule has 0 radical (unpaired) electrons. The van der Waals surface area contributed by atoms with E-state index in [0.29, 0.717) is 0 Å². The number of nitrogens with one attached hydrogen (secondary N) is 2. The fourth-order valence-electron chi connectivity index (χ4n) is 2.97. The number of carbonyl (C=O) groups is 2. The maximum absolute atomic E-state index is 12.2. The van der Waals surface area contributed by atoms with Crippen molar-refractivity contribution in [1.29, 1.82) is 0 Å². The molecule has 21 heavy (non-hydrogen) atoms. The molecule has 1 aliphatic rings. The molecule has 1 unspecified atom stereocenters. The second kappa shape index (κ2) is 5.20. The van der Waals surface area contributed by atoms with E-state index < -0.39 is 6.04 Å². The van der Waals surface area contributed by atoms with Gasteiger partial charge in [-0.15, -0.1) is 0 Å². The van der Waals surface area contributed by atoms with Crippen molar-refractivity contribution in [2.45, 2.75) is 32.7 Å². The van der Waals surface area contributed by atoms with E-state index in [1.165, 1.54) is 23.4 Å². The molecule has 2 aromatic carbocycles. The topological polar surface area (TPSA) is 58.2 Å². The second-order valence-electron chi connectivity index (χ2n) is 5.52. The Morgan fingerprint density at radius 1 is 1.10 bits per heavy atom. The third kappa shape index (κ3) is 2.49. The van der Waals surface area contributed by atoms with Crippen LogP contribution in [-0.2, 0) is 22.4 Å². The summed E-state index contributed by atoms with van der Waals surface area (Å²) in [5.74, 6) is -0.415. The largest absolute Gasteiger partial charge is 0.345 e. The number of rotatable bonds is 3. The van der Waals surface area contributed by atoms with Gasteiger partial charge in [0.25, 0.3) is 0 Å². The predicted molar refractivity (Wildman–Crippen MR) is 83.3 cm³/mol. The summed E-state index contributed by atoms with van der Waals surface area (Å²) in [5, 5.41) is 7.85. The summed E-state index contributed by atoms with van der Waals surface area (Å²) in [5.41, 5.74) is 3.49. The molecule has 0 spiro atoms. The van der Waals surface area contributed by atoms with Crippen LogP contribution in [0.5, 0.6) is 0 Å². The molecular weight excluding hydrogens is 264 g/mol. The minimum absolute atomic E-state index is 0.205. The zero-order chi connectivity index (χ0) is 15.0. The molecule has 0 aliphatic heterocycles. The minimum Gasteiger partial charge on any atom is -0.345 e. The summed E-state index contributed by atoms with van der Waals surface area (Å²) in [4.78, 5) is 23.2. The number of hydrogen-bond acceptors (Lipinski definition) is 2. The van der Waals surface area contributed by atoms with Crippen LogP contribution in [0.1, 0.15) is 25.0 Å². The molecule has 3 rings (SSSR count). The van der Waals surface area contributed by atoms with E-state index in [9.17, 15) is 9.59 Å². The lowest BCUT2D eigenvalue weighted by Gasteiger charge is -2.15. The van der Waals surface area contributed by atoms with E-state index in [0.717, 1.165) is 23.9 Å². The molecule has 0 saturated carbocycles. The molecule has 108 valence electrons. The van der Waals surface area contributed by atoms with Crippen molar-refractivity contribution in [3.63, 3.8) is 0 Å². The maximum Gasteiger partial charge on any atom is 0.246 e. The fourth-order valence-corrected chi connectivity index (χ4v) is 2.97. The van der Waals surface area contributed by atoms with Gasteiger partial charge in [-0.05, 0) is 42.3 Å². The van der Waals surface area contributed by atoms with Gasteiger partial charge in [0.05, 0.1) is 0 Å². The average molecular weight is 282 g/mol. The van der Waals surface area contributed by atoms with Gasteiger partial charge in [0, 0.05) is 18.0 Å². The average Bonchev–Trinajstić information content (AvgIpc) is 2.86. The normalized spacial score (nSPS) is 14.0. The number of amides is 2. The van der Waals surface area contributed by atoms with E-state index in [-0.39, 0.29) is 11.8 Å². The zero-order valence-electron chi connectivity index (χ0n) is 12.2. The van der Waals surface area contributed by atoms with Crippen LogP contribution in [0.3, 0.4) is 0 Å². The monoisotopic (exact) mass is 282 g/mol. The first kappa shape index (κ1) is 13.6. The summed E-state index contributed by atoms with van der Waals surface area (Å²) >= 11 is 0. The summed E-state index contributed by atoms with van der Waals surface area (Å²) < 4.78 is 0. The molecule has 0 fully saturated rings. The third-order valence-electron chi connectivity index (χ3n) is 3.95. The van der Waals surface area contributed by atoms with Gasteiger partial charge in [0.2, 0.25) is 11.8 Å². The van der Waals surface area contributed by atoms with Crippen LogP contribution in [0.25, 0.3) is 10.8 Å². The standard InChI is InChI=1S/C17H18N2O2/c1-10(18-11(2)20)17(21)19-15-9-8-13-7-6-12-4-3-5-14(15)16(12)13/h3-5,8-10H,6-7H2,1-2H3,(H,18,20)(H,19,21). The SMILES string of the molecule is CC(=O)NC(C)C(=O)Nc1ccc2c3c(cccc13)CC2. The van der Waals surface area contributed by atoms with E-state index in [2.05, 4.69) is 22.8 Å². The molecule has 0 aromatic heterocycles. The van der Waals surface area contributed by atoms with Crippen molar-refractivity contribution < 1.29 is 9.59 Å². The molecule has 1 aliphatic carbocycles. The minimum atomic E-state index is -0.550. The van der Waals surface area contributed by atoms with Crippen molar-refractivity contribution in [2.75, 3.05) is 5.32 Å². The van der Waals surface area contributed by atoms with E-state index in [1.54, 1.807) is 6.92 Å². The molecule has 1 atom stereocenters. The number of aryl methyl sites for hydroxylation is 2. The second-order valence-corrected chi connectivity index (χ2v) is 5.52. The van der Waals surface area contributed by atoms with Crippen LogP contribution in [0.2, 0.25) is 0 Å². The highest BCUT2D eigenvalue weighted by Crippen LogP contribution is 2.34. The van der Waals surface area contributed by atoms with Crippen LogP contribution in [-0.4, -0.2) is 17.9 Å². The van der Waals surface area contributed by atoms with Gasteiger partial charge >= 0.3 is 0 Å². The van der Waals surface area contributed by atoms with Crippen LogP contribution < -0.4 is 10.6 Å². The predicted octanol–water partition coefficient (Wildman–Crippen LogP) is 2.40. The molecule has 2 N–H and O–H groups in total. The lowest BCUT2D eigenvalue weighted by Crippen LogP contribution is -2.40. The Labute approximate surface area is 123 Å². The van der Waals surface area contributed by atoms with Gasteiger partial charge in [0.15, 0.2) is 0 Å². The van der Waals surface area contributed by atoms with Gasteiger partial charge in [-0.3, -0.25) is 9.59 Å². The van der Waals surface area contributed by atoms with E-state index in [4.69, 9.17) is 0 Å². The molecular formula is C17H18N2O2. The zero-order valence-corrected chi connectivity index (χ0v) is 12.2. The molecule has 2 amide bonds. The molecule has 4 heteroatoms. The first-order valence-electron chi connectivity index (χ1n) is 7.17. The van der Waals surface area contributed by atoms with Crippen molar-refractivity contribution in [3.05, 3.63) is 41.5 Å². The highest BCUT2D eigenvalue weighted by molar-refractivity contribution is 6.06. The van der Waals surface area contributed by atoms with Crippen molar-refractivity contribution in [1.82, 2.24) is 5.32 Å². The fraction of sp³-hybridized carbons (Fsp3) is 0.294. The Morgan fingerprint density at radius 3 is 2.52 bits per heavy atom. The van der Waals surface area contributed by atoms with Crippen LogP contribution in [0.15, 0.2) is 30.3 Å². The first-order chi connectivity index (χ1) is 10.1. The van der Waals surface area contributed by atoms with Crippen LogP contribution in [0, 0.1) is 0 Å². The van der Waals surface area contributed by atoms with Crippen molar-refractivity contribution in [2.24, 2.45) is 0 Å². The summed E-state index contributed by atoms with van der Waals surface area (Å²) in [7, 11) is 0. The highest BCUT2D eigenvalue weighted by Gasteiger charge is 2.18. The number of hydrogen-bond donors (Lipinski definition) is 2. The van der Waals surface area contributed by atoms with Gasteiger partial charge in [-0.2, -0.15) is 0 Å². The van der Waals surface area contributed by atoms with Gasteiger partial charge in [0.1, 0.15) is 6.04 Å². The summed E-state index contributed by atoms with van der Waals surface area (Å²) in [6.45, 7) is 3.08.